The van der Waals surface area contributed by atoms with Crippen molar-refractivity contribution in [2.24, 2.45) is 13.0 Å². The molecule has 5 rings (SSSR count). The number of hydrogen-bond donors (Lipinski definition) is 0. The number of likely N-dealkylation sites (N-methyl/N-ethyl adjacent to an activating group) is 1. The van der Waals surface area contributed by atoms with Crippen molar-refractivity contribution in [3.8, 4) is 0 Å². The molecule has 1 amide bonds. The second-order valence-electron chi connectivity index (χ2n) is 10.5. The number of carbonyl (C=O) groups is 1. The Bertz CT molecular complexity index is 1230. The van der Waals surface area contributed by atoms with Crippen LogP contribution in [-0.4, -0.2) is 46.5 Å². The first-order chi connectivity index (χ1) is 17.0. The van der Waals surface area contributed by atoms with E-state index in [0.717, 1.165) is 56.1 Å². The van der Waals surface area contributed by atoms with E-state index in [0.29, 0.717) is 12.1 Å². The minimum atomic E-state index is -0.00525. The Hall–Kier alpha value is -2.92. The van der Waals surface area contributed by atoms with Crippen LogP contribution in [-0.2, 0) is 18.4 Å². The van der Waals surface area contributed by atoms with Gasteiger partial charge in [-0.2, -0.15) is 0 Å². The third kappa shape index (κ3) is 4.92. The number of hydrogen-bond acceptors (Lipinski definition) is 3. The first-order valence-corrected chi connectivity index (χ1v) is 13.1. The van der Waals surface area contributed by atoms with Gasteiger partial charge in [-0.05, 0) is 55.9 Å². The van der Waals surface area contributed by atoms with Gasteiger partial charge in [0.25, 0.3) is 5.56 Å². The van der Waals surface area contributed by atoms with Crippen molar-refractivity contribution in [2.45, 2.75) is 57.0 Å². The van der Waals surface area contributed by atoms with E-state index in [1.165, 1.54) is 12.0 Å². The van der Waals surface area contributed by atoms with E-state index < -0.39 is 0 Å². The summed E-state index contributed by atoms with van der Waals surface area (Å²) in [7, 11) is 4.00. The molecule has 1 aliphatic heterocycles. The zero-order chi connectivity index (χ0) is 24.4. The standard InChI is InChI=1S/C30H37N3O2/c1-31-18-17-28(26(21-31)22-11-5-3-6-12-22)33(30(35)23-13-7-4-8-14-23)20-25-19-24-15-9-10-16-27(24)32(2)29(25)34/h3,5-6,9-12,15-16,19,23,26,28H,4,7-8,13-14,17-18,20-21H2,1-2H3/t26-,28+/m0/s1. The highest BCUT2D eigenvalue weighted by atomic mass is 16.2. The molecule has 1 aliphatic carbocycles. The molecular weight excluding hydrogens is 434 g/mol. The summed E-state index contributed by atoms with van der Waals surface area (Å²) < 4.78 is 1.73. The van der Waals surface area contributed by atoms with Crippen LogP contribution in [0.3, 0.4) is 0 Å². The average molecular weight is 472 g/mol. The Balaban J connectivity index is 1.55. The maximum absolute atomic E-state index is 14.1. The molecule has 2 atom stereocenters. The van der Waals surface area contributed by atoms with E-state index in [4.69, 9.17) is 0 Å². The molecule has 5 heteroatoms. The van der Waals surface area contributed by atoms with Gasteiger partial charge in [-0.3, -0.25) is 9.59 Å². The molecule has 184 valence electrons. The predicted octanol–water partition coefficient (Wildman–Crippen LogP) is 4.94. The summed E-state index contributed by atoms with van der Waals surface area (Å²) in [6, 6.07) is 20.7. The molecule has 1 saturated heterocycles. The zero-order valence-electron chi connectivity index (χ0n) is 21.0. The molecule has 0 unspecified atom stereocenters. The second-order valence-corrected chi connectivity index (χ2v) is 10.5. The third-order valence-corrected chi connectivity index (χ3v) is 8.19. The number of pyridine rings is 1. The summed E-state index contributed by atoms with van der Waals surface area (Å²) in [5, 5.41) is 1.04. The van der Waals surface area contributed by atoms with Gasteiger partial charge in [0.1, 0.15) is 0 Å². The fourth-order valence-corrected chi connectivity index (χ4v) is 6.23. The molecule has 35 heavy (non-hydrogen) atoms. The van der Waals surface area contributed by atoms with Crippen LogP contribution in [0, 0.1) is 5.92 Å². The Morgan fingerprint density at radius 1 is 0.943 bits per heavy atom. The van der Waals surface area contributed by atoms with Gasteiger partial charge in [0.15, 0.2) is 0 Å². The third-order valence-electron chi connectivity index (χ3n) is 8.19. The van der Waals surface area contributed by atoms with Crippen LogP contribution < -0.4 is 5.56 Å². The predicted molar refractivity (Wildman–Crippen MR) is 141 cm³/mol. The quantitative estimate of drug-likeness (QED) is 0.530. The van der Waals surface area contributed by atoms with E-state index >= 15 is 0 Å². The Kier molecular flexibility index (Phi) is 7.05. The Morgan fingerprint density at radius 3 is 2.43 bits per heavy atom. The van der Waals surface area contributed by atoms with E-state index in [-0.39, 0.29) is 29.3 Å². The van der Waals surface area contributed by atoms with Crippen LogP contribution in [0.15, 0.2) is 65.5 Å². The van der Waals surface area contributed by atoms with Crippen molar-refractivity contribution in [3.05, 3.63) is 82.1 Å². The van der Waals surface area contributed by atoms with Crippen LogP contribution in [0.2, 0.25) is 0 Å². The number of nitrogens with zero attached hydrogens (tertiary/aromatic N) is 3. The molecular formula is C30H37N3O2. The van der Waals surface area contributed by atoms with Crippen LogP contribution in [0.5, 0.6) is 0 Å². The van der Waals surface area contributed by atoms with Gasteiger partial charge in [-0.25, -0.2) is 0 Å². The highest BCUT2D eigenvalue weighted by Crippen LogP contribution is 2.34. The van der Waals surface area contributed by atoms with Gasteiger partial charge >= 0.3 is 0 Å². The largest absolute Gasteiger partial charge is 0.334 e. The number of amides is 1. The number of para-hydroxylation sites is 1. The minimum Gasteiger partial charge on any atom is -0.334 e. The SMILES string of the molecule is CN1CC[C@@H](N(Cc2cc3ccccc3n(C)c2=O)C(=O)C2CCCCC2)[C@H](c2ccccc2)C1. The highest BCUT2D eigenvalue weighted by molar-refractivity contribution is 5.81. The van der Waals surface area contributed by atoms with Crippen molar-refractivity contribution < 1.29 is 4.79 Å². The van der Waals surface area contributed by atoms with Crippen molar-refractivity contribution in [1.82, 2.24) is 14.4 Å². The van der Waals surface area contributed by atoms with Gasteiger partial charge < -0.3 is 14.4 Å². The minimum absolute atomic E-state index is 0.00525. The smallest absolute Gasteiger partial charge is 0.255 e. The van der Waals surface area contributed by atoms with Crippen molar-refractivity contribution in [3.63, 3.8) is 0 Å². The highest BCUT2D eigenvalue weighted by Gasteiger charge is 2.38. The molecule has 0 N–H and O–H groups in total. The Labute approximate surface area is 208 Å². The van der Waals surface area contributed by atoms with Crippen LogP contribution in [0.4, 0.5) is 0 Å². The first kappa shape index (κ1) is 23.8. The molecule has 3 aromatic rings. The maximum atomic E-state index is 14.1. The van der Waals surface area contributed by atoms with Crippen molar-refractivity contribution >= 4 is 16.8 Å². The molecule has 2 fully saturated rings. The van der Waals surface area contributed by atoms with E-state index in [2.05, 4.69) is 47.2 Å². The maximum Gasteiger partial charge on any atom is 0.255 e. The topological polar surface area (TPSA) is 45.5 Å². The molecule has 1 aromatic heterocycles. The fourth-order valence-electron chi connectivity index (χ4n) is 6.23. The average Bonchev–Trinajstić information content (AvgIpc) is 2.91. The number of rotatable bonds is 5. The summed E-state index contributed by atoms with van der Waals surface area (Å²) in [4.78, 5) is 32.0. The van der Waals surface area contributed by atoms with Crippen LogP contribution in [0.25, 0.3) is 10.9 Å². The number of fused-ring (bicyclic) bond motifs is 1. The summed E-state index contributed by atoms with van der Waals surface area (Å²) >= 11 is 0. The molecule has 0 bridgehead atoms. The summed E-state index contributed by atoms with van der Waals surface area (Å²) in [5.74, 6) is 0.548. The van der Waals surface area contributed by atoms with Gasteiger partial charge in [-0.15, -0.1) is 0 Å². The van der Waals surface area contributed by atoms with E-state index in [9.17, 15) is 9.59 Å². The molecule has 0 spiro atoms. The first-order valence-electron chi connectivity index (χ1n) is 13.1. The molecule has 2 aromatic carbocycles. The van der Waals surface area contributed by atoms with Gasteiger partial charge in [0, 0.05) is 37.0 Å². The van der Waals surface area contributed by atoms with Gasteiger partial charge in [0.2, 0.25) is 5.91 Å². The summed E-state index contributed by atoms with van der Waals surface area (Å²) in [6.07, 6.45) is 6.31. The van der Waals surface area contributed by atoms with Crippen LogP contribution >= 0.6 is 0 Å². The lowest BCUT2D eigenvalue weighted by Crippen LogP contribution is -2.52. The van der Waals surface area contributed by atoms with E-state index in [1.807, 2.05) is 37.4 Å². The number of aromatic nitrogens is 1. The lowest BCUT2D eigenvalue weighted by molar-refractivity contribution is -0.141. The molecule has 2 aliphatic rings. The lowest BCUT2D eigenvalue weighted by atomic mass is 9.82. The second kappa shape index (κ2) is 10.4. The number of benzene rings is 2. The lowest BCUT2D eigenvalue weighted by Gasteiger charge is -2.44. The van der Waals surface area contributed by atoms with Gasteiger partial charge in [-0.1, -0.05) is 67.8 Å². The van der Waals surface area contributed by atoms with Crippen LogP contribution in [0.1, 0.15) is 55.6 Å². The molecule has 1 saturated carbocycles. The number of aryl methyl sites for hydroxylation is 1. The molecule has 0 radical (unpaired) electrons. The van der Waals surface area contributed by atoms with E-state index in [1.54, 1.807) is 4.57 Å². The zero-order valence-corrected chi connectivity index (χ0v) is 21.0. The number of likely N-dealkylation sites (tertiary alicyclic amines) is 1. The van der Waals surface area contributed by atoms with Crippen molar-refractivity contribution in [1.29, 1.82) is 0 Å². The van der Waals surface area contributed by atoms with Crippen molar-refractivity contribution in [2.75, 3.05) is 20.1 Å². The summed E-state index contributed by atoms with van der Waals surface area (Å²) in [5.41, 5.74) is 2.90. The molecule has 2 heterocycles. The van der Waals surface area contributed by atoms with Gasteiger partial charge in [0.05, 0.1) is 12.1 Å². The number of carbonyl (C=O) groups excluding carboxylic acids is 1. The fraction of sp³-hybridized carbons (Fsp3) is 0.467. The Morgan fingerprint density at radius 2 is 1.66 bits per heavy atom. The molecule has 5 nitrogen and oxygen atoms in total. The number of piperidine rings is 1. The monoisotopic (exact) mass is 471 g/mol. The summed E-state index contributed by atoms with van der Waals surface area (Å²) in [6.45, 7) is 2.25. The normalized spacial score (nSPS) is 21.8.